The standard InChI is InChI=1S/C15H13ClN4/c1-10-7-8-20-14(9-10)17-11(2)15(20)19-18-13-5-3-12(16)4-6-13/h3-9H,1-2H3. The summed E-state index contributed by atoms with van der Waals surface area (Å²) in [4.78, 5) is 4.49. The topological polar surface area (TPSA) is 42.0 Å². The van der Waals surface area contributed by atoms with Gasteiger partial charge in [0.2, 0.25) is 0 Å². The molecule has 0 fully saturated rings. The van der Waals surface area contributed by atoms with Gasteiger partial charge in [0.25, 0.3) is 0 Å². The molecule has 2 aromatic heterocycles. The Balaban J connectivity index is 2.02. The Morgan fingerprint density at radius 3 is 2.55 bits per heavy atom. The molecule has 0 N–H and O–H groups in total. The Kier molecular flexibility index (Phi) is 3.24. The van der Waals surface area contributed by atoms with Gasteiger partial charge in [-0.15, -0.1) is 10.2 Å². The van der Waals surface area contributed by atoms with Crippen LogP contribution >= 0.6 is 11.6 Å². The molecule has 3 aromatic rings. The van der Waals surface area contributed by atoms with Crippen LogP contribution in [0.1, 0.15) is 11.3 Å². The molecule has 0 saturated carbocycles. The smallest absolute Gasteiger partial charge is 0.182 e. The van der Waals surface area contributed by atoms with E-state index in [1.165, 1.54) is 5.56 Å². The third-order valence-corrected chi connectivity index (χ3v) is 3.26. The second kappa shape index (κ2) is 5.06. The second-order valence-electron chi connectivity index (χ2n) is 4.63. The molecule has 5 heteroatoms. The van der Waals surface area contributed by atoms with Gasteiger partial charge in [0.05, 0.1) is 11.4 Å². The number of nitrogens with zero attached hydrogens (tertiary/aromatic N) is 4. The number of hydrogen-bond acceptors (Lipinski definition) is 3. The van der Waals surface area contributed by atoms with E-state index in [4.69, 9.17) is 11.6 Å². The minimum absolute atomic E-state index is 0.686. The van der Waals surface area contributed by atoms with E-state index < -0.39 is 0 Å². The lowest BCUT2D eigenvalue weighted by molar-refractivity contribution is 1.09. The summed E-state index contributed by atoms with van der Waals surface area (Å²) in [5.74, 6) is 0.745. The first-order valence-corrected chi connectivity index (χ1v) is 6.64. The number of benzene rings is 1. The zero-order valence-corrected chi connectivity index (χ0v) is 12.0. The molecule has 0 unspecified atom stereocenters. The van der Waals surface area contributed by atoms with Crippen LogP contribution in [0.2, 0.25) is 5.02 Å². The van der Waals surface area contributed by atoms with Crippen LogP contribution in [0.4, 0.5) is 11.5 Å². The molecule has 4 nitrogen and oxygen atoms in total. The van der Waals surface area contributed by atoms with Gasteiger partial charge < -0.3 is 0 Å². The molecule has 0 aliphatic heterocycles. The lowest BCUT2D eigenvalue weighted by atomic mass is 10.3. The fourth-order valence-electron chi connectivity index (χ4n) is 1.98. The normalized spacial score (nSPS) is 11.6. The van der Waals surface area contributed by atoms with Crippen LogP contribution < -0.4 is 0 Å². The molecule has 0 spiro atoms. The SMILES string of the molecule is Cc1ccn2c(N=Nc3ccc(Cl)cc3)c(C)nc2c1. The molecule has 2 heterocycles. The lowest BCUT2D eigenvalue weighted by Crippen LogP contribution is -1.83. The van der Waals surface area contributed by atoms with Gasteiger partial charge >= 0.3 is 0 Å². The Labute approximate surface area is 121 Å². The van der Waals surface area contributed by atoms with E-state index in [1.54, 1.807) is 12.1 Å². The van der Waals surface area contributed by atoms with Crippen LogP contribution in [0, 0.1) is 13.8 Å². The van der Waals surface area contributed by atoms with E-state index in [1.807, 2.05) is 48.7 Å². The van der Waals surface area contributed by atoms with Crippen molar-refractivity contribution in [1.82, 2.24) is 9.38 Å². The maximum atomic E-state index is 5.84. The number of halogens is 1. The Morgan fingerprint density at radius 1 is 1.05 bits per heavy atom. The molecule has 0 aliphatic carbocycles. The van der Waals surface area contributed by atoms with E-state index in [2.05, 4.69) is 15.2 Å². The summed E-state index contributed by atoms with van der Waals surface area (Å²) >= 11 is 5.84. The van der Waals surface area contributed by atoms with Gasteiger partial charge in [-0.2, -0.15) is 0 Å². The number of imidazole rings is 1. The minimum Gasteiger partial charge on any atom is -0.283 e. The number of aromatic nitrogens is 2. The monoisotopic (exact) mass is 284 g/mol. The van der Waals surface area contributed by atoms with Crippen molar-refractivity contribution in [3.05, 3.63) is 58.9 Å². The van der Waals surface area contributed by atoms with Crippen molar-refractivity contribution in [2.45, 2.75) is 13.8 Å². The molecule has 0 amide bonds. The molecular weight excluding hydrogens is 272 g/mol. The lowest BCUT2D eigenvalue weighted by Gasteiger charge is -1.97. The van der Waals surface area contributed by atoms with Crippen molar-refractivity contribution in [2.24, 2.45) is 10.2 Å². The van der Waals surface area contributed by atoms with E-state index in [9.17, 15) is 0 Å². The van der Waals surface area contributed by atoms with Crippen LogP contribution in [-0.2, 0) is 0 Å². The predicted octanol–water partition coefficient (Wildman–Crippen LogP) is 5.02. The van der Waals surface area contributed by atoms with Crippen LogP contribution in [0.25, 0.3) is 5.65 Å². The fraction of sp³-hybridized carbons (Fsp3) is 0.133. The zero-order chi connectivity index (χ0) is 14.1. The Hall–Kier alpha value is -2.20. The summed E-state index contributed by atoms with van der Waals surface area (Å²) in [5.41, 5.74) is 3.67. The highest BCUT2D eigenvalue weighted by molar-refractivity contribution is 6.30. The van der Waals surface area contributed by atoms with Crippen molar-refractivity contribution in [1.29, 1.82) is 0 Å². The summed E-state index contributed by atoms with van der Waals surface area (Å²) in [7, 11) is 0. The quantitative estimate of drug-likeness (QED) is 0.609. The van der Waals surface area contributed by atoms with E-state index in [-0.39, 0.29) is 0 Å². The second-order valence-corrected chi connectivity index (χ2v) is 5.07. The largest absolute Gasteiger partial charge is 0.283 e. The summed E-state index contributed by atoms with van der Waals surface area (Å²) < 4.78 is 1.93. The van der Waals surface area contributed by atoms with Crippen molar-refractivity contribution in [2.75, 3.05) is 0 Å². The van der Waals surface area contributed by atoms with Crippen molar-refractivity contribution >= 4 is 28.8 Å². The zero-order valence-electron chi connectivity index (χ0n) is 11.2. The molecule has 3 rings (SSSR count). The van der Waals surface area contributed by atoms with Crippen LogP contribution in [-0.4, -0.2) is 9.38 Å². The third kappa shape index (κ3) is 2.42. The average Bonchev–Trinajstić information content (AvgIpc) is 2.73. The van der Waals surface area contributed by atoms with E-state index in [0.29, 0.717) is 5.02 Å². The molecule has 0 atom stereocenters. The number of rotatable bonds is 2. The first-order valence-electron chi connectivity index (χ1n) is 6.26. The molecule has 0 saturated heterocycles. The summed E-state index contributed by atoms with van der Waals surface area (Å²) in [5, 5.41) is 9.22. The third-order valence-electron chi connectivity index (χ3n) is 3.01. The molecule has 100 valence electrons. The Morgan fingerprint density at radius 2 is 1.80 bits per heavy atom. The number of pyridine rings is 1. The maximum Gasteiger partial charge on any atom is 0.182 e. The van der Waals surface area contributed by atoms with Crippen molar-refractivity contribution < 1.29 is 0 Å². The van der Waals surface area contributed by atoms with Gasteiger partial charge in [0.15, 0.2) is 5.82 Å². The Bertz CT molecular complexity index is 787. The molecule has 0 radical (unpaired) electrons. The minimum atomic E-state index is 0.686. The van der Waals surface area contributed by atoms with Crippen LogP contribution in [0.5, 0.6) is 0 Å². The van der Waals surface area contributed by atoms with E-state index in [0.717, 1.165) is 22.8 Å². The average molecular weight is 285 g/mol. The molecule has 0 aliphatic rings. The van der Waals surface area contributed by atoms with Gasteiger partial charge in [0, 0.05) is 11.2 Å². The van der Waals surface area contributed by atoms with Gasteiger partial charge in [0.1, 0.15) is 5.65 Å². The summed E-state index contributed by atoms with van der Waals surface area (Å²) in [6, 6.07) is 11.3. The molecule has 0 bridgehead atoms. The molecular formula is C15H13ClN4. The number of aryl methyl sites for hydroxylation is 2. The first-order chi connectivity index (χ1) is 9.63. The van der Waals surface area contributed by atoms with Crippen LogP contribution in [0.3, 0.4) is 0 Å². The van der Waals surface area contributed by atoms with Gasteiger partial charge in [-0.1, -0.05) is 11.6 Å². The predicted molar refractivity (Wildman–Crippen MR) is 80.3 cm³/mol. The van der Waals surface area contributed by atoms with Crippen molar-refractivity contribution in [3.8, 4) is 0 Å². The van der Waals surface area contributed by atoms with Crippen LogP contribution in [0.15, 0.2) is 52.8 Å². The van der Waals surface area contributed by atoms with Gasteiger partial charge in [-0.3, -0.25) is 4.40 Å². The van der Waals surface area contributed by atoms with E-state index >= 15 is 0 Å². The highest BCUT2D eigenvalue weighted by Crippen LogP contribution is 2.24. The maximum absolute atomic E-state index is 5.84. The summed E-state index contributed by atoms with van der Waals surface area (Å²) in [6.07, 6.45) is 1.96. The highest BCUT2D eigenvalue weighted by Gasteiger charge is 2.07. The van der Waals surface area contributed by atoms with Gasteiger partial charge in [-0.25, -0.2) is 4.98 Å². The van der Waals surface area contributed by atoms with Gasteiger partial charge in [-0.05, 0) is 55.8 Å². The number of hydrogen-bond donors (Lipinski definition) is 0. The molecule has 20 heavy (non-hydrogen) atoms. The fourth-order valence-corrected chi connectivity index (χ4v) is 2.11. The first kappa shape index (κ1) is 12.8. The summed E-state index contributed by atoms with van der Waals surface area (Å²) in [6.45, 7) is 3.97. The highest BCUT2D eigenvalue weighted by atomic mass is 35.5. The van der Waals surface area contributed by atoms with Crippen molar-refractivity contribution in [3.63, 3.8) is 0 Å². The number of azo groups is 1. The number of fused-ring (bicyclic) bond motifs is 1. The molecule has 1 aromatic carbocycles.